The average Bonchev–Trinajstić information content (AvgIpc) is 2.84. The zero-order valence-corrected chi connectivity index (χ0v) is 18.0. The number of carbonyl (C=O) groups excluding carboxylic acids is 2. The van der Waals surface area contributed by atoms with Gasteiger partial charge in [-0.05, 0) is 26.7 Å². The summed E-state index contributed by atoms with van der Waals surface area (Å²) < 4.78 is 25.6. The first-order valence-corrected chi connectivity index (χ1v) is 10.8. The molecular formula is C16H28ClN3O4S2. The lowest BCUT2D eigenvalue weighted by atomic mass is 9.95. The maximum absolute atomic E-state index is 12.8. The molecule has 10 heteroatoms. The molecule has 0 saturated heterocycles. The van der Waals surface area contributed by atoms with E-state index in [1.807, 2.05) is 13.8 Å². The normalized spacial score (nSPS) is 13.9. The van der Waals surface area contributed by atoms with E-state index in [1.54, 1.807) is 13.8 Å². The molecular weight excluding hydrogens is 398 g/mol. The van der Waals surface area contributed by atoms with Gasteiger partial charge in [0.1, 0.15) is 0 Å². The Hall–Kier alpha value is -1.03. The van der Waals surface area contributed by atoms with Crippen LogP contribution in [0.2, 0.25) is 0 Å². The number of primary amides is 1. The van der Waals surface area contributed by atoms with E-state index in [-0.39, 0.29) is 17.3 Å². The minimum Gasteiger partial charge on any atom is -0.368 e. The second kappa shape index (κ2) is 9.77. The molecule has 0 aliphatic heterocycles. The van der Waals surface area contributed by atoms with Crippen LogP contribution in [0.3, 0.4) is 0 Å². The van der Waals surface area contributed by atoms with Gasteiger partial charge >= 0.3 is 0 Å². The van der Waals surface area contributed by atoms with Gasteiger partial charge in [0.15, 0.2) is 15.4 Å². The van der Waals surface area contributed by atoms with Crippen molar-refractivity contribution in [3.05, 3.63) is 15.6 Å². The lowest BCUT2D eigenvalue weighted by Gasteiger charge is -2.26. The van der Waals surface area contributed by atoms with E-state index in [0.717, 1.165) is 11.3 Å². The van der Waals surface area contributed by atoms with Crippen LogP contribution >= 0.6 is 23.7 Å². The first-order valence-electron chi connectivity index (χ1n) is 8.28. The fourth-order valence-electron chi connectivity index (χ4n) is 2.78. The Kier molecular flexibility index (Phi) is 9.39. The van der Waals surface area contributed by atoms with Crippen molar-refractivity contribution in [1.82, 2.24) is 4.98 Å². The Morgan fingerprint density at radius 2 is 1.69 bits per heavy atom. The third-order valence-electron chi connectivity index (χ3n) is 4.11. The average molecular weight is 426 g/mol. The first kappa shape index (κ1) is 25.0. The molecule has 0 saturated carbocycles. The van der Waals surface area contributed by atoms with Gasteiger partial charge in [-0.25, -0.2) is 13.4 Å². The highest BCUT2D eigenvalue weighted by Gasteiger charge is 2.47. The van der Waals surface area contributed by atoms with Gasteiger partial charge in [0.05, 0.1) is 26.6 Å². The van der Waals surface area contributed by atoms with E-state index in [9.17, 15) is 18.0 Å². The van der Waals surface area contributed by atoms with Gasteiger partial charge in [0.25, 0.3) is 0 Å². The van der Waals surface area contributed by atoms with Gasteiger partial charge in [-0.1, -0.05) is 26.7 Å². The Morgan fingerprint density at radius 3 is 2.04 bits per heavy atom. The number of nitrogens with two attached hydrogens (primary N) is 2. The zero-order chi connectivity index (χ0) is 19.4. The number of aromatic nitrogens is 1. The zero-order valence-electron chi connectivity index (χ0n) is 15.6. The molecule has 4 N–H and O–H groups in total. The predicted octanol–water partition coefficient (Wildman–Crippen LogP) is 1.93. The summed E-state index contributed by atoms with van der Waals surface area (Å²) in [6.45, 7) is 7.10. The van der Waals surface area contributed by atoms with Gasteiger partial charge in [0, 0.05) is 0 Å². The predicted molar refractivity (Wildman–Crippen MR) is 107 cm³/mol. The van der Waals surface area contributed by atoms with Crippen molar-refractivity contribution in [2.45, 2.75) is 64.2 Å². The number of amides is 1. The number of hydrogen-bond acceptors (Lipinski definition) is 7. The van der Waals surface area contributed by atoms with Gasteiger partial charge in [-0.15, -0.1) is 23.7 Å². The van der Waals surface area contributed by atoms with E-state index in [2.05, 4.69) is 4.98 Å². The van der Waals surface area contributed by atoms with E-state index in [0.29, 0.717) is 36.4 Å². The molecule has 0 fully saturated rings. The van der Waals surface area contributed by atoms with Crippen LogP contribution in [0.4, 0.5) is 0 Å². The fraction of sp³-hybridized carbons (Fsp3) is 0.688. The van der Waals surface area contributed by atoms with Crippen LogP contribution < -0.4 is 11.5 Å². The van der Waals surface area contributed by atoms with Gasteiger partial charge in [-0.3, -0.25) is 9.59 Å². The van der Waals surface area contributed by atoms with Crippen molar-refractivity contribution in [2.75, 3.05) is 5.75 Å². The fourth-order valence-corrected chi connectivity index (χ4v) is 6.06. The van der Waals surface area contributed by atoms with Crippen molar-refractivity contribution in [3.8, 4) is 0 Å². The van der Waals surface area contributed by atoms with Crippen LogP contribution in [0.25, 0.3) is 0 Å². The molecule has 0 radical (unpaired) electrons. The van der Waals surface area contributed by atoms with E-state index in [1.165, 1.54) is 0 Å². The number of carbonyl (C=O) groups is 2. The highest BCUT2D eigenvalue weighted by Crippen LogP contribution is 2.25. The summed E-state index contributed by atoms with van der Waals surface area (Å²) in [4.78, 5) is 29.1. The molecule has 0 spiro atoms. The molecule has 150 valence electrons. The standard InChI is InChI=1S/C16H27N3O4S2.ClH/c1-5-7-12(8-6-2)25(22,23)9-16(18,15(17)21)14(20)13-10(3)19-11(4)24-13;/h12H,5-9,18H2,1-4H3,(H2,17,21);1H/t16-;/m1./s1. The van der Waals surface area contributed by atoms with Gasteiger partial charge < -0.3 is 11.5 Å². The van der Waals surface area contributed by atoms with Gasteiger partial charge in [-0.2, -0.15) is 0 Å². The molecule has 1 aromatic rings. The molecule has 0 aliphatic rings. The first-order chi connectivity index (χ1) is 11.5. The summed E-state index contributed by atoms with van der Waals surface area (Å²) in [6, 6.07) is 0. The molecule has 0 unspecified atom stereocenters. The second-order valence-corrected chi connectivity index (χ2v) is 9.80. The molecule has 1 atom stereocenters. The molecule has 26 heavy (non-hydrogen) atoms. The van der Waals surface area contributed by atoms with Gasteiger partial charge in [0.2, 0.25) is 11.7 Å². The van der Waals surface area contributed by atoms with Crippen molar-refractivity contribution in [1.29, 1.82) is 0 Å². The summed E-state index contributed by atoms with van der Waals surface area (Å²) in [5.41, 5.74) is 9.47. The quantitative estimate of drug-likeness (QED) is 0.434. The lowest BCUT2D eigenvalue weighted by molar-refractivity contribution is -0.120. The number of nitrogens with zero attached hydrogens (tertiary/aromatic N) is 1. The number of aryl methyl sites for hydroxylation is 2. The van der Waals surface area contributed by atoms with E-state index in [4.69, 9.17) is 11.5 Å². The SMILES string of the molecule is CCCC(CCC)S(=O)(=O)C[C@](N)(C(N)=O)C(=O)c1sc(C)nc1C.Cl. The molecule has 7 nitrogen and oxygen atoms in total. The Labute approximate surface area is 165 Å². The maximum Gasteiger partial charge on any atom is 0.246 e. The molecule has 1 aromatic heterocycles. The minimum absolute atomic E-state index is 0. The molecule has 0 aliphatic carbocycles. The summed E-state index contributed by atoms with van der Waals surface area (Å²) in [5.74, 6) is -2.70. The molecule has 0 aromatic carbocycles. The van der Waals surface area contributed by atoms with Crippen LogP contribution in [0.5, 0.6) is 0 Å². The number of ketones is 1. The van der Waals surface area contributed by atoms with Crippen molar-refractivity contribution >= 4 is 45.3 Å². The number of Topliss-reactive ketones (excluding diaryl/α,β-unsaturated/α-hetero) is 1. The Morgan fingerprint density at radius 1 is 1.19 bits per heavy atom. The van der Waals surface area contributed by atoms with Crippen molar-refractivity contribution in [3.63, 3.8) is 0 Å². The number of rotatable bonds is 10. The largest absolute Gasteiger partial charge is 0.368 e. The Balaban J connectivity index is 0.00000625. The second-order valence-electron chi connectivity index (χ2n) is 6.32. The van der Waals surface area contributed by atoms with Crippen LogP contribution in [-0.2, 0) is 14.6 Å². The highest BCUT2D eigenvalue weighted by atomic mass is 35.5. The number of hydrogen-bond donors (Lipinski definition) is 2. The number of sulfone groups is 1. The summed E-state index contributed by atoms with van der Waals surface area (Å²) in [7, 11) is -3.77. The molecule has 1 heterocycles. The summed E-state index contributed by atoms with van der Waals surface area (Å²) in [6.07, 6.45) is 2.27. The summed E-state index contributed by atoms with van der Waals surface area (Å²) >= 11 is 1.08. The smallest absolute Gasteiger partial charge is 0.246 e. The van der Waals surface area contributed by atoms with Crippen LogP contribution in [-0.4, -0.2) is 41.6 Å². The maximum atomic E-state index is 12.8. The third kappa shape index (κ3) is 5.48. The monoisotopic (exact) mass is 425 g/mol. The molecule has 0 bridgehead atoms. The minimum atomic E-state index is -3.77. The van der Waals surface area contributed by atoms with Crippen molar-refractivity contribution < 1.29 is 18.0 Å². The van der Waals surface area contributed by atoms with E-state index < -0.39 is 38.1 Å². The topological polar surface area (TPSA) is 133 Å². The van der Waals surface area contributed by atoms with Crippen LogP contribution in [0.1, 0.15) is 59.9 Å². The molecule has 1 rings (SSSR count). The summed E-state index contributed by atoms with van der Waals surface area (Å²) in [5, 5.41) is -0.00719. The highest BCUT2D eigenvalue weighted by molar-refractivity contribution is 7.92. The van der Waals surface area contributed by atoms with Crippen LogP contribution in [0.15, 0.2) is 0 Å². The van der Waals surface area contributed by atoms with Crippen molar-refractivity contribution in [2.24, 2.45) is 11.5 Å². The number of halogens is 1. The Bertz CT molecular complexity index is 743. The van der Waals surface area contributed by atoms with Crippen LogP contribution in [0, 0.1) is 13.8 Å². The van der Waals surface area contributed by atoms with E-state index >= 15 is 0 Å². The lowest BCUT2D eigenvalue weighted by Crippen LogP contribution is -2.63. The number of thiazole rings is 1. The third-order valence-corrected chi connectivity index (χ3v) is 7.53. The molecule has 1 amide bonds.